The normalized spacial score (nSPS) is 31.7. The first-order valence-electron chi connectivity index (χ1n) is 3.85. The molecule has 1 heterocycles. The molecule has 0 aromatic carbocycles. The molecule has 11 heavy (non-hydrogen) atoms. The van der Waals surface area contributed by atoms with Gasteiger partial charge < -0.3 is 14.4 Å². The van der Waals surface area contributed by atoms with E-state index in [2.05, 4.69) is 4.90 Å². The fourth-order valence-electron chi connectivity index (χ4n) is 1.58. The highest BCUT2D eigenvalue weighted by atomic mass is 16.5. The number of carbonyl (C=O) groups is 1. The van der Waals surface area contributed by atoms with Gasteiger partial charge in [0, 0.05) is 13.1 Å². The van der Waals surface area contributed by atoms with Crippen molar-refractivity contribution < 1.29 is 9.53 Å². The summed E-state index contributed by atoms with van der Waals surface area (Å²) in [4.78, 5) is 12.6. The third-order valence-corrected chi connectivity index (χ3v) is 1.76. The van der Waals surface area contributed by atoms with Crippen LogP contribution in [0.5, 0.6) is 0 Å². The Balaban J connectivity index is 2.57. The van der Waals surface area contributed by atoms with Crippen LogP contribution in [0.1, 0.15) is 13.8 Å². The smallest absolute Gasteiger partial charge is 0.150 e. The van der Waals surface area contributed by atoms with Crippen LogP contribution in [0.15, 0.2) is 0 Å². The minimum absolute atomic E-state index is 0.182. The zero-order valence-corrected chi connectivity index (χ0v) is 7.33. The number of aldehydes is 1. The van der Waals surface area contributed by atoms with Gasteiger partial charge in [-0.25, -0.2) is 0 Å². The molecule has 64 valence electrons. The lowest BCUT2D eigenvalue weighted by Crippen LogP contribution is -2.51. The van der Waals surface area contributed by atoms with Crippen molar-refractivity contribution in [3.63, 3.8) is 0 Å². The van der Waals surface area contributed by atoms with E-state index >= 15 is 0 Å². The number of carbonyl (C=O) groups excluding carboxylic acids is 1. The van der Waals surface area contributed by atoms with Crippen molar-refractivity contribution in [1.82, 2.24) is 4.90 Å². The van der Waals surface area contributed by atoms with E-state index in [-0.39, 0.29) is 11.7 Å². The highest BCUT2D eigenvalue weighted by molar-refractivity contribution is 5.56. The van der Waals surface area contributed by atoms with Crippen molar-refractivity contribution in [2.45, 2.75) is 25.6 Å². The molecule has 1 rings (SSSR count). The Morgan fingerprint density at radius 2 is 2.27 bits per heavy atom. The van der Waals surface area contributed by atoms with Crippen LogP contribution in [-0.4, -0.2) is 43.0 Å². The van der Waals surface area contributed by atoms with Gasteiger partial charge in [-0.3, -0.25) is 0 Å². The van der Waals surface area contributed by atoms with Gasteiger partial charge in [-0.05, 0) is 20.9 Å². The van der Waals surface area contributed by atoms with Crippen LogP contribution >= 0.6 is 0 Å². The molecule has 1 saturated heterocycles. The van der Waals surface area contributed by atoms with Crippen LogP contribution < -0.4 is 0 Å². The van der Waals surface area contributed by atoms with Gasteiger partial charge in [0.2, 0.25) is 0 Å². The summed E-state index contributed by atoms with van der Waals surface area (Å²) in [6.07, 6.45) is 0.626. The average molecular weight is 157 g/mol. The number of hydrogen-bond donors (Lipinski definition) is 0. The van der Waals surface area contributed by atoms with Crippen molar-refractivity contribution in [2.24, 2.45) is 0 Å². The molecule has 1 aliphatic heterocycles. The maximum absolute atomic E-state index is 10.4. The zero-order valence-electron chi connectivity index (χ0n) is 7.33. The lowest BCUT2D eigenvalue weighted by molar-refractivity contribution is -0.148. The van der Waals surface area contributed by atoms with Gasteiger partial charge in [-0.1, -0.05) is 0 Å². The lowest BCUT2D eigenvalue weighted by atomic mass is 10.1. The molecular weight excluding hydrogens is 142 g/mol. The fourth-order valence-corrected chi connectivity index (χ4v) is 1.58. The molecule has 1 unspecified atom stereocenters. The molecule has 0 aromatic heterocycles. The first-order chi connectivity index (χ1) is 5.03. The summed E-state index contributed by atoms with van der Waals surface area (Å²) in [6.45, 7) is 5.60. The predicted octanol–water partition coefficient (Wildman–Crippen LogP) is 0.294. The van der Waals surface area contributed by atoms with Crippen molar-refractivity contribution in [2.75, 3.05) is 20.1 Å². The summed E-state index contributed by atoms with van der Waals surface area (Å²) >= 11 is 0. The topological polar surface area (TPSA) is 29.5 Å². The number of ether oxygens (including phenoxy) is 1. The van der Waals surface area contributed by atoms with E-state index in [1.54, 1.807) is 0 Å². The van der Waals surface area contributed by atoms with E-state index in [0.29, 0.717) is 6.54 Å². The molecule has 0 amide bonds. The zero-order chi connectivity index (χ0) is 8.48. The quantitative estimate of drug-likeness (QED) is 0.512. The van der Waals surface area contributed by atoms with Crippen LogP contribution in [0.25, 0.3) is 0 Å². The number of rotatable bonds is 1. The Morgan fingerprint density at radius 3 is 2.73 bits per heavy atom. The van der Waals surface area contributed by atoms with Crippen LogP contribution in [0.2, 0.25) is 0 Å². The number of likely N-dealkylation sites (N-methyl/N-ethyl adjacent to an activating group) is 1. The fraction of sp³-hybridized carbons (Fsp3) is 0.875. The molecule has 1 atom stereocenters. The molecule has 0 aliphatic carbocycles. The van der Waals surface area contributed by atoms with E-state index in [1.807, 2.05) is 20.9 Å². The third kappa shape index (κ3) is 2.27. The first-order valence-corrected chi connectivity index (χ1v) is 3.85. The summed E-state index contributed by atoms with van der Waals surface area (Å²) in [5.41, 5.74) is -0.182. The van der Waals surface area contributed by atoms with Gasteiger partial charge in [0.15, 0.2) is 0 Å². The predicted molar refractivity (Wildman–Crippen MR) is 42.5 cm³/mol. The molecule has 0 bridgehead atoms. The van der Waals surface area contributed by atoms with Gasteiger partial charge in [-0.15, -0.1) is 0 Å². The molecule has 0 radical (unpaired) electrons. The van der Waals surface area contributed by atoms with Gasteiger partial charge in [-0.2, -0.15) is 0 Å². The van der Waals surface area contributed by atoms with E-state index in [9.17, 15) is 4.79 Å². The summed E-state index contributed by atoms with van der Waals surface area (Å²) in [5.74, 6) is 0. The third-order valence-electron chi connectivity index (χ3n) is 1.76. The van der Waals surface area contributed by atoms with Crippen LogP contribution in [0, 0.1) is 0 Å². The van der Waals surface area contributed by atoms with E-state index in [1.165, 1.54) is 0 Å². The molecule has 3 nitrogen and oxygen atoms in total. The summed E-state index contributed by atoms with van der Waals surface area (Å²) in [5, 5.41) is 0. The summed E-state index contributed by atoms with van der Waals surface area (Å²) in [6, 6.07) is 0. The Hall–Kier alpha value is -0.410. The first kappa shape index (κ1) is 8.68. The van der Waals surface area contributed by atoms with Crippen LogP contribution in [-0.2, 0) is 9.53 Å². The second-order valence-electron chi connectivity index (χ2n) is 3.75. The summed E-state index contributed by atoms with van der Waals surface area (Å²) < 4.78 is 5.48. The molecule has 3 heteroatoms. The molecule has 1 aliphatic rings. The van der Waals surface area contributed by atoms with E-state index < -0.39 is 0 Å². The molecule has 0 N–H and O–H groups in total. The van der Waals surface area contributed by atoms with Crippen molar-refractivity contribution in [1.29, 1.82) is 0 Å². The largest absolute Gasteiger partial charge is 0.362 e. The second-order valence-corrected chi connectivity index (χ2v) is 3.75. The molecule has 1 fully saturated rings. The minimum Gasteiger partial charge on any atom is -0.362 e. The highest BCUT2D eigenvalue weighted by Gasteiger charge is 2.30. The van der Waals surface area contributed by atoms with E-state index in [0.717, 1.165) is 12.8 Å². The van der Waals surface area contributed by atoms with Gasteiger partial charge in [0.25, 0.3) is 0 Å². The molecule has 0 aromatic rings. The molecule has 0 saturated carbocycles. The Kier molecular flexibility index (Phi) is 2.30. The van der Waals surface area contributed by atoms with Crippen LogP contribution in [0.3, 0.4) is 0 Å². The number of hydrogen-bond acceptors (Lipinski definition) is 3. The minimum atomic E-state index is -0.247. The monoisotopic (exact) mass is 157 g/mol. The van der Waals surface area contributed by atoms with Crippen molar-refractivity contribution >= 4 is 6.29 Å². The van der Waals surface area contributed by atoms with Gasteiger partial charge >= 0.3 is 0 Å². The van der Waals surface area contributed by atoms with Crippen molar-refractivity contribution in [3.05, 3.63) is 0 Å². The Labute approximate surface area is 67.3 Å². The second kappa shape index (κ2) is 2.91. The van der Waals surface area contributed by atoms with Gasteiger partial charge in [0.1, 0.15) is 12.4 Å². The number of morpholine rings is 1. The maximum Gasteiger partial charge on any atom is 0.150 e. The lowest BCUT2D eigenvalue weighted by Gasteiger charge is -2.39. The molecule has 0 spiro atoms. The Bertz CT molecular complexity index is 156. The Morgan fingerprint density at radius 1 is 1.64 bits per heavy atom. The maximum atomic E-state index is 10.4. The standard InChI is InChI=1S/C8H15NO2/c1-8(2)6-9(3)4-7(5-10)11-8/h5,7H,4,6H2,1-3H3. The molecular formula is C8H15NO2. The highest BCUT2D eigenvalue weighted by Crippen LogP contribution is 2.18. The van der Waals surface area contributed by atoms with Gasteiger partial charge in [0.05, 0.1) is 5.60 Å². The van der Waals surface area contributed by atoms with Crippen LogP contribution in [0.4, 0.5) is 0 Å². The average Bonchev–Trinajstić information content (AvgIpc) is 1.83. The van der Waals surface area contributed by atoms with E-state index in [4.69, 9.17) is 4.74 Å². The van der Waals surface area contributed by atoms with Crippen molar-refractivity contribution in [3.8, 4) is 0 Å². The SMILES string of the molecule is CN1CC(C=O)OC(C)(C)C1. The number of nitrogens with zero attached hydrogens (tertiary/aromatic N) is 1. The summed E-state index contributed by atoms with van der Waals surface area (Å²) in [7, 11) is 2.00.